The van der Waals surface area contributed by atoms with E-state index in [0.29, 0.717) is 43.7 Å². The molecule has 5 aliphatic rings. The third-order valence-corrected chi connectivity index (χ3v) is 10.0. The van der Waals surface area contributed by atoms with Crippen LogP contribution in [0.2, 0.25) is 0 Å². The van der Waals surface area contributed by atoms with Crippen molar-refractivity contribution in [2.24, 2.45) is 17.3 Å². The second-order valence-electron chi connectivity index (χ2n) is 11.7. The summed E-state index contributed by atoms with van der Waals surface area (Å²) < 4.78 is 14.1. The SMILES string of the molecule is CC12CC(c3ccc(-n4ccnc4)cc3)C3=C4CCC5(CC4(O)CCC3C1CCC2=O)OCCO5. The number of imidazole rings is 1. The van der Waals surface area contributed by atoms with Crippen LogP contribution in [0.15, 0.2) is 54.1 Å². The number of hydrogen-bond donors (Lipinski definition) is 1. The van der Waals surface area contributed by atoms with Crippen LogP contribution >= 0.6 is 0 Å². The van der Waals surface area contributed by atoms with E-state index in [9.17, 15) is 9.90 Å². The maximum Gasteiger partial charge on any atom is 0.171 e. The third-order valence-electron chi connectivity index (χ3n) is 10.0. The Labute approximate surface area is 206 Å². The number of allylic oxidation sites excluding steroid dienone is 1. The smallest absolute Gasteiger partial charge is 0.171 e. The molecule has 1 aromatic carbocycles. The van der Waals surface area contributed by atoms with E-state index in [1.165, 1.54) is 16.7 Å². The van der Waals surface area contributed by atoms with Gasteiger partial charge in [-0.1, -0.05) is 24.6 Å². The van der Waals surface area contributed by atoms with Crippen molar-refractivity contribution in [2.75, 3.05) is 13.2 Å². The summed E-state index contributed by atoms with van der Waals surface area (Å²) in [5.41, 5.74) is 3.83. The minimum Gasteiger partial charge on any atom is -0.385 e. The maximum absolute atomic E-state index is 13.2. The maximum atomic E-state index is 13.2. The van der Waals surface area contributed by atoms with E-state index in [2.05, 4.69) is 36.2 Å². The zero-order valence-corrected chi connectivity index (χ0v) is 20.4. The average Bonchev–Trinajstić information content (AvgIpc) is 3.60. The second kappa shape index (κ2) is 7.61. The topological polar surface area (TPSA) is 73.6 Å². The lowest BCUT2D eigenvalue weighted by Gasteiger charge is -2.55. The number of carbonyl (C=O) groups is 1. The number of carbonyl (C=O) groups excluding carboxylic acids is 1. The molecule has 1 N–H and O–H groups in total. The Bertz CT molecular complexity index is 1180. The number of Topliss-reactive ketones (excluding diaryl/α,β-unsaturated/α-hetero) is 1. The van der Waals surface area contributed by atoms with E-state index in [4.69, 9.17) is 9.47 Å². The normalized spacial score (nSPS) is 37.9. The summed E-state index contributed by atoms with van der Waals surface area (Å²) in [7, 11) is 0. The Kier molecular flexibility index (Phi) is 4.77. The fourth-order valence-corrected chi connectivity index (χ4v) is 8.37. The van der Waals surface area contributed by atoms with E-state index in [1.54, 1.807) is 6.20 Å². The van der Waals surface area contributed by atoms with Gasteiger partial charge in [0.1, 0.15) is 5.78 Å². The number of benzene rings is 1. The molecule has 0 bridgehead atoms. The highest BCUT2D eigenvalue weighted by molar-refractivity contribution is 5.87. The van der Waals surface area contributed by atoms with Gasteiger partial charge in [-0.3, -0.25) is 4.79 Å². The number of aliphatic hydroxyl groups is 1. The Hall–Kier alpha value is -2.28. The molecule has 4 aliphatic carbocycles. The van der Waals surface area contributed by atoms with Crippen LogP contribution in [0.5, 0.6) is 0 Å². The summed E-state index contributed by atoms with van der Waals surface area (Å²) in [6, 6.07) is 8.73. The summed E-state index contributed by atoms with van der Waals surface area (Å²) in [5.74, 6) is 0.718. The van der Waals surface area contributed by atoms with E-state index in [0.717, 1.165) is 44.2 Å². The molecule has 1 spiro atoms. The summed E-state index contributed by atoms with van der Waals surface area (Å²) in [4.78, 5) is 17.4. The lowest BCUT2D eigenvalue weighted by atomic mass is 9.51. The minimum absolute atomic E-state index is 0.154. The van der Waals surface area contributed by atoms with E-state index >= 15 is 0 Å². The fraction of sp³-hybridized carbons (Fsp3) is 0.586. The van der Waals surface area contributed by atoms with Crippen molar-refractivity contribution in [1.82, 2.24) is 9.55 Å². The standard InChI is InChI=1S/C29H34N2O4/c1-27-16-22(19-2-4-20(5-3-19)31-13-12-30-18-31)26-21(23(27)6-7-25(27)32)8-10-28(33)17-29(11-9-24(26)28)34-14-15-35-29/h2-5,12-13,18,21-23,33H,6-11,14-17H2,1H3. The monoisotopic (exact) mass is 474 g/mol. The second-order valence-corrected chi connectivity index (χ2v) is 11.7. The van der Waals surface area contributed by atoms with Crippen LogP contribution in [0, 0.1) is 17.3 Å². The summed E-state index contributed by atoms with van der Waals surface area (Å²) in [6.07, 6.45) is 11.9. The zero-order chi connectivity index (χ0) is 23.8. The molecular formula is C29H34N2O4. The predicted octanol–water partition coefficient (Wildman–Crippen LogP) is 4.71. The molecule has 6 heteroatoms. The van der Waals surface area contributed by atoms with Crippen molar-refractivity contribution < 1.29 is 19.4 Å². The number of rotatable bonds is 2. The average molecular weight is 475 g/mol. The number of nitrogens with zero attached hydrogens (tertiary/aromatic N) is 2. The van der Waals surface area contributed by atoms with Crippen molar-refractivity contribution in [1.29, 1.82) is 0 Å². The number of ketones is 1. The first-order valence-electron chi connectivity index (χ1n) is 13.3. The lowest BCUT2D eigenvalue weighted by Crippen LogP contribution is -2.53. The van der Waals surface area contributed by atoms with Crippen molar-refractivity contribution in [3.63, 3.8) is 0 Å². The van der Waals surface area contributed by atoms with Gasteiger partial charge in [-0.25, -0.2) is 4.98 Å². The van der Waals surface area contributed by atoms with Crippen LogP contribution in [-0.4, -0.2) is 45.0 Å². The van der Waals surface area contributed by atoms with Gasteiger partial charge < -0.3 is 19.1 Å². The highest BCUT2D eigenvalue weighted by Crippen LogP contribution is 2.64. The highest BCUT2D eigenvalue weighted by Gasteiger charge is 2.60. The lowest BCUT2D eigenvalue weighted by molar-refractivity contribution is -0.208. The van der Waals surface area contributed by atoms with Gasteiger partial charge >= 0.3 is 0 Å². The molecule has 7 rings (SSSR count). The van der Waals surface area contributed by atoms with Crippen LogP contribution in [-0.2, 0) is 14.3 Å². The molecule has 1 aliphatic heterocycles. The third kappa shape index (κ3) is 3.19. The van der Waals surface area contributed by atoms with Gasteiger partial charge in [0.25, 0.3) is 0 Å². The van der Waals surface area contributed by atoms with Crippen molar-refractivity contribution >= 4 is 5.78 Å². The van der Waals surface area contributed by atoms with Gasteiger partial charge in [0, 0.05) is 48.7 Å². The predicted molar refractivity (Wildman–Crippen MR) is 130 cm³/mol. The van der Waals surface area contributed by atoms with Gasteiger partial charge in [-0.2, -0.15) is 0 Å². The highest BCUT2D eigenvalue weighted by atomic mass is 16.7. The van der Waals surface area contributed by atoms with Gasteiger partial charge in [0.2, 0.25) is 0 Å². The number of hydrogen-bond acceptors (Lipinski definition) is 5. The Balaban J connectivity index is 1.33. The molecular weight excluding hydrogens is 440 g/mol. The molecule has 1 aromatic heterocycles. The summed E-state index contributed by atoms with van der Waals surface area (Å²) in [6.45, 7) is 3.44. The van der Waals surface area contributed by atoms with E-state index in [-0.39, 0.29) is 11.3 Å². The molecule has 35 heavy (non-hydrogen) atoms. The van der Waals surface area contributed by atoms with Crippen molar-refractivity contribution in [3.05, 3.63) is 59.7 Å². The number of aromatic nitrogens is 2. The number of fused-ring (bicyclic) bond motifs is 4. The molecule has 5 atom stereocenters. The van der Waals surface area contributed by atoms with Crippen LogP contribution in [0.3, 0.4) is 0 Å². The molecule has 0 radical (unpaired) electrons. The van der Waals surface area contributed by atoms with Crippen LogP contribution < -0.4 is 0 Å². The molecule has 2 aromatic rings. The first-order valence-corrected chi connectivity index (χ1v) is 13.3. The first-order chi connectivity index (χ1) is 16.9. The van der Waals surface area contributed by atoms with Crippen molar-refractivity contribution in [2.45, 2.75) is 75.6 Å². The zero-order valence-electron chi connectivity index (χ0n) is 20.4. The molecule has 4 fully saturated rings. The van der Waals surface area contributed by atoms with Crippen LogP contribution in [0.4, 0.5) is 0 Å². The van der Waals surface area contributed by atoms with Crippen LogP contribution in [0.25, 0.3) is 5.69 Å². The Morgan fingerprint density at radius 3 is 2.63 bits per heavy atom. The van der Waals surface area contributed by atoms with Crippen molar-refractivity contribution in [3.8, 4) is 5.69 Å². The first kappa shape index (κ1) is 22.0. The molecule has 6 nitrogen and oxygen atoms in total. The van der Waals surface area contributed by atoms with Gasteiger partial charge in [-0.15, -0.1) is 0 Å². The quantitative estimate of drug-likeness (QED) is 0.638. The fourth-order valence-electron chi connectivity index (χ4n) is 8.37. The molecule has 3 saturated carbocycles. The molecule has 2 heterocycles. The summed E-state index contributed by atoms with van der Waals surface area (Å²) >= 11 is 0. The molecule has 0 amide bonds. The van der Waals surface area contributed by atoms with E-state index in [1.807, 2.05) is 17.1 Å². The van der Waals surface area contributed by atoms with Gasteiger partial charge in [0.05, 0.1) is 25.1 Å². The van der Waals surface area contributed by atoms with E-state index < -0.39 is 11.4 Å². The minimum atomic E-state index is -0.875. The number of ether oxygens (including phenoxy) is 2. The van der Waals surface area contributed by atoms with Crippen LogP contribution in [0.1, 0.15) is 69.8 Å². The Morgan fingerprint density at radius 1 is 1.09 bits per heavy atom. The Morgan fingerprint density at radius 2 is 1.89 bits per heavy atom. The molecule has 1 saturated heterocycles. The van der Waals surface area contributed by atoms with Gasteiger partial charge in [-0.05, 0) is 67.2 Å². The summed E-state index contributed by atoms with van der Waals surface area (Å²) in [5, 5.41) is 12.1. The molecule has 5 unspecified atom stereocenters. The van der Waals surface area contributed by atoms with Gasteiger partial charge in [0.15, 0.2) is 5.79 Å². The largest absolute Gasteiger partial charge is 0.385 e. The molecule has 184 valence electrons.